The number of aromatic nitrogens is 2. The second-order valence-electron chi connectivity index (χ2n) is 6.37. The van der Waals surface area contributed by atoms with E-state index < -0.39 is 0 Å². The first kappa shape index (κ1) is 17.3. The Morgan fingerprint density at radius 2 is 1.92 bits per heavy atom. The predicted octanol–water partition coefficient (Wildman–Crippen LogP) is 4.72. The first-order chi connectivity index (χ1) is 12.5. The Bertz CT molecular complexity index is 996. The lowest BCUT2D eigenvalue weighted by Crippen LogP contribution is -2.40. The molecule has 0 unspecified atom stereocenters. The molecule has 6 heteroatoms. The van der Waals surface area contributed by atoms with Crippen LogP contribution < -0.4 is 4.57 Å². The molecule has 3 nitrogen and oxygen atoms in total. The highest BCUT2D eigenvalue weighted by Gasteiger charge is 2.30. The smallest absolute Gasteiger partial charge is 0.257 e. The second kappa shape index (κ2) is 6.86. The largest absolute Gasteiger partial charge is 0.290 e. The summed E-state index contributed by atoms with van der Waals surface area (Å²) in [6.45, 7) is 1.10. The Hall–Kier alpha value is -2.17. The molecule has 132 valence electrons. The van der Waals surface area contributed by atoms with Gasteiger partial charge in [-0.15, -0.1) is 0 Å². The highest BCUT2D eigenvalue weighted by Crippen LogP contribution is 2.26. The van der Waals surface area contributed by atoms with Crippen molar-refractivity contribution in [3.63, 3.8) is 0 Å². The number of halogens is 3. The van der Waals surface area contributed by atoms with Crippen molar-refractivity contribution in [1.29, 1.82) is 0 Å². The van der Waals surface area contributed by atoms with E-state index in [2.05, 4.69) is 4.57 Å². The highest BCUT2D eigenvalue weighted by molar-refractivity contribution is 6.36. The zero-order valence-electron chi connectivity index (χ0n) is 13.9. The number of benzene rings is 2. The van der Waals surface area contributed by atoms with Crippen LogP contribution in [-0.2, 0) is 19.5 Å². The molecule has 0 bridgehead atoms. The maximum absolute atomic E-state index is 13.2. The van der Waals surface area contributed by atoms with E-state index in [1.807, 2.05) is 10.8 Å². The molecule has 2 aromatic carbocycles. The van der Waals surface area contributed by atoms with Crippen LogP contribution in [0, 0.1) is 5.82 Å². The minimum atomic E-state index is -0.262. The lowest BCUT2D eigenvalue weighted by atomic mass is 10.1. The summed E-state index contributed by atoms with van der Waals surface area (Å²) < 4.78 is 17.4. The lowest BCUT2D eigenvalue weighted by molar-refractivity contribution is -0.689. The van der Waals surface area contributed by atoms with E-state index in [0.29, 0.717) is 15.6 Å². The van der Waals surface area contributed by atoms with Crippen LogP contribution >= 0.6 is 23.2 Å². The van der Waals surface area contributed by atoms with Gasteiger partial charge in [-0.2, -0.15) is 0 Å². The molecular weight excluding hydrogens is 374 g/mol. The van der Waals surface area contributed by atoms with E-state index in [1.165, 1.54) is 12.1 Å². The summed E-state index contributed by atoms with van der Waals surface area (Å²) in [6, 6.07) is 11.3. The van der Waals surface area contributed by atoms with Crippen molar-refractivity contribution in [2.45, 2.75) is 25.9 Å². The fraction of sp³-hybridized carbons (Fsp3) is 0.200. The Balaban J connectivity index is 1.68. The Morgan fingerprint density at radius 3 is 2.65 bits per heavy atom. The maximum Gasteiger partial charge on any atom is 0.257 e. The molecule has 0 amide bonds. The van der Waals surface area contributed by atoms with Crippen molar-refractivity contribution in [3.8, 4) is 11.3 Å². The Kier molecular flexibility index (Phi) is 4.55. The van der Waals surface area contributed by atoms with E-state index in [0.717, 1.165) is 36.5 Å². The molecule has 26 heavy (non-hydrogen) atoms. The number of ketones is 1. The van der Waals surface area contributed by atoms with Crippen LogP contribution in [0.4, 0.5) is 4.39 Å². The molecule has 0 aliphatic carbocycles. The maximum atomic E-state index is 13.2. The van der Waals surface area contributed by atoms with Gasteiger partial charge in [0, 0.05) is 16.1 Å². The zero-order chi connectivity index (χ0) is 18.3. The normalized spacial score (nSPS) is 13.0. The molecule has 4 rings (SSSR count). The molecule has 0 saturated carbocycles. The molecule has 0 spiro atoms. The molecule has 0 atom stereocenters. The number of hydrogen-bond donors (Lipinski definition) is 0. The molecule has 1 aliphatic rings. The average Bonchev–Trinajstić information content (AvgIpc) is 3.19. The third-order valence-electron chi connectivity index (χ3n) is 4.68. The van der Waals surface area contributed by atoms with Gasteiger partial charge in [0.2, 0.25) is 5.78 Å². The van der Waals surface area contributed by atoms with Gasteiger partial charge in [0.15, 0.2) is 12.2 Å². The molecule has 0 saturated heterocycles. The van der Waals surface area contributed by atoms with Crippen LogP contribution in [0.15, 0.2) is 48.7 Å². The molecule has 1 aliphatic heterocycles. The van der Waals surface area contributed by atoms with Crippen molar-refractivity contribution in [2.24, 2.45) is 0 Å². The number of Topliss-reactive ketones (excluding diaryl/α,β-unsaturated/α-hetero) is 1. The standard InChI is InChI=1S/C20H16Cl2FN2O/c21-14-5-8-16(17(22)10-14)19(26)12-24-11-18(25-9-1-2-20(24)25)13-3-6-15(23)7-4-13/h3-8,10-11H,1-2,9,12H2/q+1. The zero-order valence-corrected chi connectivity index (χ0v) is 15.4. The van der Waals surface area contributed by atoms with Crippen LogP contribution in [0.3, 0.4) is 0 Å². The van der Waals surface area contributed by atoms with Crippen LogP contribution in [0.5, 0.6) is 0 Å². The molecule has 2 heterocycles. The first-order valence-electron chi connectivity index (χ1n) is 8.39. The fourth-order valence-corrected chi connectivity index (χ4v) is 3.97. The third kappa shape index (κ3) is 3.15. The molecular formula is C20H16Cl2FN2O+. The summed E-state index contributed by atoms with van der Waals surface area (Å²) in [5, 5.41) is 0.861. The van der Waals surface area contributed by atoms with Crippen LogP contribution in [0.25, 0.3) is 11.3 Å². The van der Waals surface area contributed by atoms with Crippen LogP contribution in [0.2, 0.25) is 10.0 Å². The summed E-state index contributed by atoms with van der Waals surface area (Å²) in [4.78, 5) is 12.7. The average molecular weight is 390 g/mol. The van der Waals surface area contributed by atoms with Gasteiger partial charge >= 0.3 is 0 Å². The van der Waals surface area contributed by atoms with Crippen LogP contribution in [-0.4, -0.2) is 10.4 Å². The molecule has 1 aromatic heterocycles. The van der Waals surface area contributed by atoms with Gasteiger partial charge < -0.3 is 0 Å². The topological polar surface area (TPSA) is 25.9 Å². The molecule has 0 radical (unpaired) electrons. The molecule has 0 N–H and O–H groups in total. The van der Waals surface area contributed by atoms with E-state index in [-0.39, 0.29) is 18.1 Å². The predicted molar refractivity (Wildman–Crippen MR) is 99.1 cm³/mol. The van der Waals surface area contributed by atoms with Gasteiger partial charge in [0.1, 0.15) is 12.0 Å². The number of imidazole rings is 1. The van der Waals surface area contributed by atoms with Gasteiger partial charge in [-0.25, -0.2) is 13.5 Å². The fourth-order valence-electron chi connectivity index (χ4n) is 3.45. The minimum absolute atomic E-state index is 0.0670. The number of rotatable bonds is 4. The Morgan fingerprint density at radius 1 is 1.15 bits per heavy atom. The Labute approximate surface area is 160 Å². The SMILES string of the molecule is O=C(C[n+]1cc(-c2ccc(F)cc2)n2c1CCC2)c1ccc(Cl)cc1Cl. The lowest BCUT2D eigenvalue weighted by Gasteiger charge is -2.03. The van der Waals surface area contributed by atoms with E-state index in [4.69, 9.17) is 23.2 Å². The van der Waals surface area contributed by atoms with Gasteiger partial charge in [-0.3, -0.25) is 4.79 Å². The van der Waals surface area contributed by atoms with Crippen molar-refractivity contribution >= 4 is 29.0 Å². The third-order valence-corrected chi connectivity index (χ3v) is 5.23. The number of carbonyl (C=O) groups is 1. The number of carbonyl (C=O) groups excluding carboxylic acids is 1. The molecule has 3 aromatic rings. The summed E-state index contributed by atoms with van der Waals surface area (Å²) in [6.07, 6.45) is 3.90. The van der Waals surface area contributed by atoms with Gasteiger partial charge in [0.05, 0.1) is 18.0 Å². The summed E-state index contributed by atoms with van der Waals surface area (Å²) >= 11 is 12.1. The molecule has 0 fully saturated rings. The van der Waals surface area contributed by atoms with E-state index >= 15 is 0 Å². The summed E-state index contributed by atoms with van der Waals surface area (Å²) in [7, 11) is 0. The van der Waals surface area contributed by atoms with E-state index in [1.54, 1.807) is 30.3 Å². The van der Waals surface area contributed by atoms with Crippen molar-refractivity contribution in [2.75, 3.05) is 0 Å². The highest BCUT2D eigenvalue weighted by atomic mass is 35.5. The number of nitrogens with zero attached hydrogens (tertiary/aromatic N) is 2. The van der Waals surface area contributed by atoms with E-state index in [9.17, 15) is 9.18 Å². The van der Waals surface area contributed by atoms with Gasteiger partial charge in [0.25, 0.3) is 5.82 Å². The first-order valence-corrected chi connectivity index (χ1v) is 9.14. The second-order valence-corrected chi connectivity index (χ2v) is 7.21. The van der Waals surface area contributed by atoms with Crippen molar-refractivity contribution < 1.29 is 13.8 Å². The minimum Gasteiger partial charge on any atom is -0.290 e. The summed E-state index contributed by atoms with van der Waals surface area (Å²) in [5.74, 6) is 0.771. The quantitative estimate of drug-likeness (QED) is 0.468. The monoisotopic (exact) mass is 389 g/mol. The van der Waals surface area contributed by atoms with Gasteiger partial charge in [-0.05, 0) is 48.9 Å². The van der Waals surface area contributed by atoms with Crippen molar-refractivity contribution in [3.05, 3.63) is 75.9 Å². The number of hydrogen-bond acceptors (Lipinski definition) is 1. The number of fused-ring (bicyclic) bond motifs is 1. The van der Waals surface area contributed by atoms with Gasteiger partial charge in [-0.1, -0.05) is 23.2 Å². The van der Waals surface area contributed by atoms with Crippen LogP contribution in [0.1, 0.15) is 22.6 Å². The van der Waals surface area contributed by atoms with Crippen molar-refractivity contribution in [1.82, 2.24) is 4.57 Å². The summed E-state index contributed by atoms with van der Waals surface area (Å²) in [5.41, 5.74) is 2.39.